The second kappa shape index (κ2) is 7.55. The molecule has 0 saturated heterocycles. The summed E-state index contributed by atoms with van der Waals surface area (Å²) in [5.74, 6) is 0.717. The van der Waals surface area contributed by atoms with Gasteiger partial charge in [-0.05, 0) is 42.1 Å². The molecule has 0 radical (unpaired) electrons. The van der Waals surface area contributed by atoms with Gasteiger partial charge in [-0.3, -0.25) is 4.79 Å². The number of fused-ring (bicyclic) bond motifs is 1. The van der Waals surface area contributed by atoms with Gasteiger partial charge in [-0.15, -0.1) is 11.3 Å². The van der Waals surface area contributed by atoms with Gasteiger partial charge in [0.25, 0.3) is 5.91 Å². The quantitative estimate of drug-likeness (QED) is 0.499. The Bertz CT molecular complexity index is 1090. The zero-order valence-electron chi connectivity index (χ0n) is 14.7. The fourth-order valence-corrected chi connectivity index (χ4v) is 3.95. The van der Waals surface area contributed by atoms with Crippen molar-refractivity contribution in [3.05, 3.63) is 87.3 Å². The summed E-state index contributed by atoms with van der Waals surface area (Å²) in [7, 11) is 0. The Morgan fingerprint density at radius 3 is 2.70 bits per heavy atom. The van der Waals surface area contributed by atoms with Gasteiger partial charge in [-0.25, -0.2) is 4.98 Å². The van der Waals surface area contributed by atoms with E-state index >= 15 is 0 Å². The first-order valence-corrected chi connectivity index (χ1v) is 9.92. The summed E-state index contributed by atoms with van der Waals surface area (Å²) in [6, 6.07) is 19.2. The number of amides is 1. The number of benzene rings is 2. The average molecular weight is 396 g/mol. The van der Waals surface area contributed by atoms with E-state index in [4.69, 9.17) is 16.6 Å². The van der Waals surface area contributed by atoms with E-state index in [1.165, 1.54) is 11.3 Å². The lowest BCUT2D eigenvalue weighted by Crippen LogP contribution is -2.28. The summed E-state index contributed by atoms with van der Waals surface area (Å²) in [4.78, 5) is 17.9. The van der Waals surface area contributed by atoms with E-state index in [0.29, 0.717) is 11.4 Å². The van der Waals surface area contributed by atoms with Crippen LogP contribution in [0.25, 0.3) is 11.0 Å². The molecular formula is C21H18ClN3OS. The van der Waals surface area contributed by atoms with Crippen molar-refractivity contribution in [2.24, 2.45) is 0 Å². The number of nitrogens with zero attached hydrogens (tertiary/aromatic N) is 2. The number of thiophene rings is 1. The molecule has 4 aromatic rings. The van der Waals surface area contributed by atoms with Crippen LogP contribution in [0, 0.1) is 0 Å². The third-order valence-corrected chi connectivity index (χ3v) is 5.69. The Labute approximate surface area is 166 Å². The second-order valence-corrected chi connectivity index (χ2v) is 7.66. The number of rotatable bonds is 5. The number of hydrogen-bond donors (Lipinski definition) is 1. The minimum atomic E-state index is -0.241. The summed E-state index contributed by atoms with van der Waals surface area (Å²) in [6.07, 6.45) is 0. The molecular weight excluding hydrogens is 378 g/mol. The average Bonchev–Trinajstić information content (AvgIpc) is 3.32. The van der Waals surface area contributed by atoms with Crippen LogP contribution in [0.3, 0.4) is 0 Å². The molecule has 0 bridgehead atoms. The van der Waals surface area contributed by atoms with Gasteiger partial charge in [-0.1, -0.05) is 48.0 Å². The number of para-hydroxylation sites is 2. The molecule has 0 fully saturated rings. The van der Waals surface area contributed by atoms with Gasteiger partial charge >= 0.3 is 0 Å². The third-order valence-electron chi connectivity index (χ3n) is 4.45. The number of halogens is 1. The fraction of sp³-hybridized carbons (Fsp3) is 0.143. The molecule has 4 nitrogen and oxygen atoms in total. The molecule has 6 heteroatoms. The van der Waals surface area contributed by atoms with Gasteiger partial charge in [0.1, 0.15) is 5.82 Å². The summed E-state index contributed by atoms with van der Waals surface area (Å²) in [5, 5.41) is 5.67. The second-order valence-electron chi connectivity index (χ2n) is 6.31. The van der Waals surface area contributed by atoms with Crippen LogP contribution in [-0.4, -0.2) is 15.5 Å². The van der Waals surface area contributed by atoms with E-state index < -0.39 is 0 Å². The molecule has 2 aromatic carbocycles. The highest BCUT2D eigenvalue weighted by Gasteiger charge is 2.20. The van der Waals surface area contributed by atoms with E-state index in [1.54, 1.807) is 0 Å². The first-order chi connectivity index (χ1) is 13.1. The Balaban J connectivity index is 1.71. The van der Waals surface area contributed by atoms with E-state index in [1.807, 2.05) is 73.0 Å². The van der Waals surface area contributed by atoms with E-state index in [-0.39, 0.29) is 11.9 Å². The van der Waals surface area contributed by atoms with Crippen molar-refractivity contribution in [3.8, 4) is 0 Å². The van der Waals surface area contributed by atoms with Gasteiger partial charge in [0.15, 0.2) is 0 Å². The highest BCUT2D eigenvalue weighted by molar-refractivity contribution is 7.12. The van der Waals surface area contributed by atoms with Crippen molar-refractivity contribution in [2.45, 2.75) is 19.5 Å². The molecule has 136 valence electrons. The zero-order valence-corrected chi connectivity index (χ0v) is 16.3. The van der Waals surface area contributed by atoms with Crippen LogP contribution in [0.5, 0.6) is 0 Å². The van der Waals surface area contributed by atoms with Crippen LogP contribution in [0.1, 0.15) is 34.0 Å². The van der Waals surface area contributed by atoms with Crippen LogP contribution in [0.15, 0.2) is 66.0 Å². The van der Waals surface area contributed by atoms with Gasteiger partial charge < -0.3 is 9.88 Å². The minimum absolute atomic E-state index is 0.0890. The topological polar surface area (TPSA) is 46.9 Å². The number of imidazole rings is 1. The highest BCUT2D eigenvalue weighted by atomic mass is 35.5. The molecule has 0 aliphatic heterocycles. The van der Waals surface area contributed by atoms with Crippen LogP contribution < -0.4 is 5.32 Å². The van der Waals surface area contributed by atoms with Crippen molar-refractivity contribution in [2.75, 3.05) is 0 Å². The van der Waals surface area contributed by atoms with Crippen LogP contribution >= 0.6 is 22.9 Å². The smallest absolute Gasteiger partial charge is 0.261 e. The number of aromatic nitrogens is 2. The molecule has 4 rings (SSSR count). The van der Waals surface area contributed by atoms with Gasteiger partial charge in [0.05, 0.1) is 28.5 Å². The first kappa shape index (κ1) is 17.8. The lowest BCUT2D eigenvalue weighted by Gasteiger charge is -2.16. The third kappa shape index (κ3) is 3.61. The SMILES string of the molecule is CC(NC(=O)c1cccs1)c1nc2ccccc2n1Cc1ccccc1Cl. The molecule has 1 amide bonds. The minimum Gasteiger partial charge on any atom is -0.342 e. The molecule has 0 spiro atoms. The van der Waals surface area contributed by atoms with Crippen molar-refractivity contribution >= 4 is 39.9 Å². The van der Waals surface area contributed by atoms with Crippen molar-refractivity contribution in [1.29, 1.82) is 0 Å². The zero-order chi connectivity index (χ0) is 18.8. The maximum atomic E-state index is 12.5. The normalized spacial score (nSPS) is 12.2. The molecule has 2 aromatic heterocycles. The maximum Gasteiger partial charge on any atom is 0.261 e. The Morgan fingerprint density at radius 1 is 1.15 bits per heavy atom. The fourth-order valence-electron chi connectivity index (χ4n) is 3.13. The van der Waals surface area contributed by atoms with Gasteiger partial charge in [0, 0.05) is 5.02 Å². The Hall–Kier alpha value is -2.63. The molecule has 1 N–H and O–H groups in total. The van der Waals surface area contributed by atoms with Crippen molar-refractivity contribution < 1.29 is 4.79 Å². The summed E-state index contributed by atoms with van der Waals surface area (Å²) >= 11 is 7.80. The Kier molecular flexibility index (Phi) is 4.97. The molecule has 27 heavy (non-hydrogen) atoms. The van der Waals surface area contributed by atoms with Crippen molar-refractivity contribution in [1.82, 2.24) is 14.9 Å². The first-order valence-electron chi connectivity index (χ1n) is 8.66. The molecule has 0 saturated carbocycles. The Morgan fingerprint density at radius 2 is 1.93 bits per heavy atom. The monoisotopic (exact) mass is 395 g/mol. The predicted octanol–water partition coefficient (Wildman–Crippen LogP) is 5.29. The molecule has 2 heterocycles. The summed E-state index contributed by atoms with van der Waals surface area (Å²) in [5.41, 5.74) is 2.93. The molecule has 1 unspecified atom stereocenters. The summed E-state index contributed by atoms with van der Waals surface area (Å²) in [6.45, 7) is 2.55. The number of carbonyl (C=O) groups is 1. The predicted molar refractivity (Wildman–Crippen MR) is 110 cm³/mol. The lowest BCUT2D eigenvalue weighted by molar-refractivity contribution is 0.0942. The maximum absolute atomic E-state index is 12.5. The van der Waals surface area contributed by atoms with E-state index in [0.717, 1.165) is 27.4 Å². The molecule has 0 aliphatic carbocycles. The standard InChI is InChI=1S/C21H18ClN3OS/c1-14(23-21(26)19-11-6-12-27-19)20-24-17-9-4-5-10-18(17)25(20)13-15-7-2-3-8-16(15)22/h2-12,14H,13H2,1H3,(H,23,26). The van der Waals surface area contributed by atoms with Gasteiger partial charge in [0.2, 0.25) is 0 Å². The van der Waals surface area contributed by atoms with Crippen LogP contribution in [0.4, 0.5) is 0 Å². The number of carbonyl (C=O) groups excluding carboxylic acids is 1. The lowest BCUT2D eigenvalue weighted by atomic mass is 10.2. The summed E-state index contributed by atoms with van der Waals surface area (Å²) < 4.78 is 2.12. The van der Waals surface area contributed by atoms with E-state index in [9.17, 15) is 4.79 Å². The van der Waals surface area contributed by atoms with Gasteiger partial charge in [-0.2, -0.15) is 0 Å². The van der Waals surface area contributed by atoms with Crippen LogP contribution in [-0.2, 0) is 6.54 Å². The highest BCUT2D eigenvalue weighted by Crippen LogP contribution is 2.25. The van der Waals surface area contributed by atoms with Crippen molar-refractivity contribution in [3.63, 3.8) is 0 Å². The number of hydrogen-bond acceptors (Lipinski definition) is 3. The van der Waals surface area contributed by atoms with Crippen LogP contribution in [0.2, 0.25) is 5.02 Å². The van der Waals surface area contributed by atoms with E-state index in [2.05, 4.69) is 9.88 Å². The number of nitrogens with one attached hydrogen (secondary N) is 1. The largest absolute Gasteiger partial charge is 0.342 e. The molecule has 0 aliphatic rings. The molecule has 1 atom stereocenters.